The third-order valence-corrected chi connectivity index (χ3v) is 3.26. The van der Waals surface area contributed by atoms with Crippen molar-refractivity contribution in [3.8, 4) is 0 Å². The van der Waals surface area contributed by atoms with Gasteiger partial charge in [0.25, 0.3) is 0 Å². The van der Waals surface area contributed by atoms with Crippen LogP contribution in [0.3, 0.4) is 0 Å². The van der Waals surface area contributed by atoms with E-state index < -0.39 is 5.97 Å². The van der Waals surface area contributed by atoms with Crippen LogP contribution in [0, 0.1) is 5.92 Å². The van der Waals surface area contributed by atoms with Gasteiger partial charge in [-0.2, -0.15) is 0 Å². The van der Waals surface area contributed by atoms with Gasteiger partial charge in [-0.15, -0.1) is 0 Å². The molecule has 0 bridgehead atoms. The number of likely N-dealkylation sites (tertiary alicyclic amines) is 1. The van der Waals surface area contributed by atoms with Gasteiger partial charge in [0.15, 0.2) is 0 Å². The summed E-state index contributed by atoms with van der Waals surface area (Å²) in [5, 5.41) is 11.6. The summed E-state index contributed by atoms with van der Waals surface area (Å²) in [4.78, 5) is 24.4. The summed E-state index contributed by atoms with van der Waals surface area (Å²) in [7, 11) is 0. The van der Waals surface area contributed by atoms with Crippen molar-refractivity contribution in [2.24, 2.45) is 5.92 Å². The molecular weight excluding hydrogens is 220 g/mol. The Hall–Kier alpha value is -1.10. The van der Waals surface area contributed by atoms with E-state index >= 15 is 0 Å². The van der Waals surface area contributed by atoms with Crippen molar-refractivity contribution in [3.63, 3.8) is 0 Å². The fraction of sp³-hybridized carbons (Fsp3) is 0.833. The molecule has 1 amide bonds. The number of amides is 1. The molecule has 5 heteroatoms. The second-order valence-corrected chi connectivity index (χ2v) is 4.71. The van der Waals surface area contributed by atoms with Crippen LogP contribution >= 0.6 is 0 Å². The van der Waals surface area contributed by atoms with Gasteiger partial charge < -0.3 is 10.4 Å². The molecule has 1 aliphatic rings. The number of carbonyl (C=O) groups excluding carboxylic acids is 1. The standard InChI is InChI=1S/C12H22N2O3/c1-3-5-13-12(17)9(2)14-6-4-10(8-14)7-11(15)16/h9-10H,3-8H2,1-2H3,(H,13,17)(H,15,16). The van der Waals surface area contributed by atoms with Gasteiger partial charge in [0.1, 0.15) is 0 Å². The van der Waals surface area contributed by atoms with Crippen molar-refractivity contribution in [1.82, 2.24) is 10.2 Å². The third kappa shape index (κ3) is 4.34. The van der Waals surface area contributed by atoms with Crippen LogP contribution in [0.25, 0.3) is 0 Å². The Labute approximate surface area is 102 Å². The maximum absolute atomic E-state index is 11.7. The van der Waals surface area contributed by atoms with Crippen LogP contribution in [-0.4, -0.2) is 47.6 Å². The first kappa shape index (κ1) is 14.0. The van der Waals surface area contributed by atoms with Gasteiger partial charge in [0.05, 0.1) is 6.04 Å². The number of carboxylic acids is 1. The van der Waals surface area contributed by atoms with Gasteiger partial charge in [-0.3, -0.25) is 14.5 Å². The summed E-state index contributed by atoms with van der Waals surface area (Å²) in [5.74, 6) is -0.517. The van der Waals surface area contributed by atoms with E-state index in [1.54, 1.807) is 0 Å². The maximum atomic E-state index is 11.7. The minimum atomic E-state index is -0.750. The Kier molecular flexibility index (Phi) is 5.41. The van der Waals surface area contributed by atoms with E-state index in [1.807, 2.05) is 13.8 Å². The summed E-state index contributed by atoms with van der Waals surface area (Å²) in [6, 6.07) is -0.152. The van der Waals surface area contributed by atoms with Crippen LogP contribution in [0.1, 0.15) is 33.1 Å². The monoisotopic (exact) mass is 242 g/mol. The van der Waals surface area contributed by atoms with E-state index in [1.165, 1.54) is 0 Å². The molecule has 0 saturated carbocycles. The fourth-order valence-electron chi connectivity index (χ4n) is 2.19. The van der Waals surface area contributed by atoms with Crippen LogP contribution in [0.4, 0.5) is 0 Å². The molecule has 1 saturated heterocycles. The molecule has 0 aromatic heterocycles. The highest BCUT2D eigenvalue weighted by Gasteiger charge is 2.30. The van der Waals surface area contributed by atoms with Gasteiger partial charge in [-0.05, 0) is 32.2 Å². The lowest BCUT2D eigenvalue weighted by atomic mass is 10.1. The van der Waals surface area contributed by atoms with Gasteiger partial charge in [0.2, 0.25) is 5.91 Å². The van der Waals surface area contributed by atoms with Crippen LogP contribution in [-0.2, 0) is 9.59 Å². The molecule has 1 aliphatic heterocycles. The van der Waals surface area contributed by atoms with Gasteiger partial charge in [-0.25, -0.2) is 0 Å². The predicted molar refractivity (Wildman–Crippen MR) is 64.7 cm³/mol. The lowest BCUT2D eigenvalue weighted by Crippen LogP contribution is -2.44. The molecule has 0 spiro atoms. The Morgan fingerprint density at radius 1 is 1.53 bits per heavy atom. The summed E-state index contributed by atoms with van der Waals surface area (Å²) in [5.41, 5.74) is 0. The van der Waals surface area contributed by atoms with E-state index in [-0.39, 0.29) is 24.3 Å². The fourth-order valence-corrected chi connectivity index (χ4v) is 2.19. The second-order valence-electron chi connectivity index (χ2n) is 4.71. The molecule has 2 atom stereocenters. The molecule has 0 aliphatic carbocycles. The van der Waals surface area contributed by atoms with Gasteiger partial charge in [-0.1, -0.05) is 6.92 Å². The lowest BCUT2D eigenvalue weighted by molar-refractivity contribution is -0.138. The maximum Gasteiger partial charge on any atom is 0.303 e. The smallest absolute Gasteiger partial charge is 0.303 e. The Morgan fingerprint density at radius 2 is 2.24 bits per heavy atom. The molecule has 0 aromatic carbocycles. The zero-order valence-corrected chi connectivity index (χ0v) is 10.6. The van der Waals surface area contributed by atoms with Crippen LogP contribution in [0.15, 0.2) is 0 Å². The van der Waals surface area contributed by atoms with E-state index in [2.05, 4.69) is 10.2 Å². The van der Waals surface area contributed by atoms with E-state index in [9.17, 15) is 9.59 Å². The largest absolute Gasteiger partial charge is 0.481 e. The first-order chi connectivity index (χ1) is 8.04. The molecule has 2 unspecified atom stereocenters. The van der Waals surface area contributed by atoms with E-state index in [0.29, 0.717) is 13.1 Å². The molecule has 1 heterocycles. The summed E-state index contributed by atoms with van der Waals surface area (Å²) in [6.45, 7) is 6.14. The second kappa shape index (κ2) is 6.59. The highest BCUT2D eigenvalue weighted by atomic mass is 16.4. The number of hydrogen-bond acceptors (Lipinski definition) is 3. The number of carbonyl (C=O) groups is 2. The lowest BCUT2D eigenvalue weighted by Gasteiger charge is -2.23. The van der Waals surface area contributed by atoms with Crippen LogP contribution in [0.5, 0.6) is 0 Å². The highest BCUT2D eigenvalue weighted by Crippen LogP contribution is 2.21. The van der Waals surface area contributed by atoms with Crippen molar-refractivity contribution in [1.29, 1.82) is 0 Å². The third-order valence-electron chi connectivity index (χ3n) is 3.26. The zero-order valence-electron chi connectivity index (χ0n) is 10.6. The Bertz CT molecular complexity index is 281. The van der Waals surface area contributed by atoms with Gasteiger partial charge in [0, 0.05) is 19.5 Å². The SMILES string of the molecule is CCCNC(=O)C(C)N1CCC(CC(=O)O)C1. The Balaban J connectivity index is 2.36. The average molecular weight is 242 g/mol. The molecular formula is C12H22N2O3. The summed E-state index contributed by atoms with van der Waals surface area (Å²) >= 11 is 0. The van der Waals surface area contributed by atoms with Crippen molar-refractivity contribution in [2.45, 2.75) is 39.2 Å². The summed E-state index contributed by atoms with van der Waals surface area (Å²) in [6.07, 6.45) is 2.01. The molecule has 2 N–H and O–H groups in total. The minimum Gasteiger partial charge on any atom is -0.481 e. The van der Waals surface area contributed by atoms with Crippen LogP contribution in [0.2, 0.25) is 0 Å². The molecule has 98 valence electrons. The minimum absolute atomic E-state index is 0.0443. The van der Waals surface area contributed by atoms with Gasteiger partial charge >= 0.3 is 5.97 Å². The average Bonchev–Trinajstić information content (AvgIpc) is 2.72. The molecule has 0 radical (unpaired) electrons. The number of rotatable bonds is 6. The number of nitrogens with one attached hydrogen (secondary N) is 1. The number of aliphatic carboxylic acids is 1. The number of nitrogens with zero attached hydrogens (tertiary/aromatic N) is 1. The quantitative estimate of drug-likeness (QED) is 0.719. The predicted octanol–water partition coefficient (Wildman–Crippen LogP) is 0.698. The zero-order chi connectivity index (χ0) is 12.8. The molecule has 17 heavy (non-hydrogen) atoms. The first-order valence-electron chi connectivity index (χ1n) is 6.28. The highest BCUT2D eigenvalue weighted by molar-refractivity contribution is 5.81. The number of hydrogen-bond donors (Lipinski definition) is 2. The Morgan fingerprint density at radius 3 is 2.82 bits per heavy atom. The van der Waals surface area contributed by atoms with Crippen molar-refractivity contribution in [2.75, 3.05) is 19.6 Å². The molecule has 5 nitrogen and oxygen atoms in total. The molecule has 1 fully saturated rings. The van der Waals surface area contributed by atoms with E-state index in [0.717, 1.165) is 19.4 Å². The molecule has 0 aromatic rings. The topological polar surface area (TPSA) is 69.6 Å². The van der Waals surface area contributed by atoms with Crippen LogP contribution < -0.4 is 5.32 Å². The van der Waals surface area contributed by atoms with Crippen molar-refractivity contribution < 1.29 is 14.7 Å². The van der Waals surface area contributed by atoms with Crippen molar-refractivity contribution >= 4 is 11.9 Å². The van der Waals surface area contributed by atoms with Crippen molar-refractivity contribution in [3.05, 3.63) is 0 Å². The normalized spacial score (nSPS) is 22.4. The number of carboxylic acid groups (broad SMARTS) is 1. The van der Waals surface area contributed by atoms with E-state index in [4.69, 9.17) is 5.11 Å². The first-order valence-corrected chi connectivity index (χ1v) is 6.28. The summed E-state index contributed by atoms with van der Waals surface area (Å²) < 4.78 is 0. The molecule has 1 rings (SSSR count).